The zero-order chi connectivity index (χ0) is 12.3. The summed E-state index contributed by atoms with van der Waals surface area (Å²) in [5.74, 6) is -1.08. The largest absolute Gasteiger partial charge is 0.481 e. The average Bonchev–Trinajstić information content (AvgIpc) is 2.28. The molecule has 0 amide bonds. The monoisotopic (exact) mass is 237 g/mol. The molecule has 1 heterocycles. The molecule has 1 aliphatic heterocycles. The molecule has 1 aromatic rings. The Hall–Kier alpha value is -1.58. The van der Waals surface area contributed by atoms with Crippen molar-refractivity contribution in [2.24, 2.45) is 0 Å². The number of benzene rings is 1. The first-order valence-electron chi connectivity index (χ1n) is 5.85. The Morgan fingerprint density at radius 3 is 3.00 bits per heavy atom. The predicted molar refractivity (Wildman–Crippen MR) is 64.1 cm³/mol. The van der Waals surface area contributed by atoms with E-state index in [1.54, 1.807) is 0 Å². The molecule has 2 rings (SSSR count). The summed E-state index contributed by atoms with van der Waals surface area (Å²) in [5.41, 5.74) is 2.27. The highest BCUT2D eigenvalue weighted by Crippen LogP contribution is 2.27. The SMILES string of the molecule is O=C(O)CC(F)CN1CCCc2ccccc21. The number of alkyl halides is 1. The van der Waals surface area contributed by atoms with Crippen LogP contribution < -0.4 is 4.90 Å². The minimum atomic E-state index is -1.31. The van der Waals surface area contributed by atoms with E-state index in [4.69, 9.17) is 5.11 Å². The summed E-state index contributed by atoms with van der Waals surface area (Å²) < 4.78 is 13.5. The second-order valence-corrected chi connectivity index (χ2v) is 4.37. The van der Waals surface area contributed by atoms with E-state index in [-0.39, 0.29) is 6.54 Å². The third-order valence-electron chi connectivity index (χ3n) is 3.02. The summed E-state index contributed by atoms with van der Waals surface area (Å²) in [6.45, 7) is 0.973. The molecule has 0 fully saturated rings. The normalized spacial score (nSPS) is 16.4. The molecule has 1 aliphatic rings. The number of carbonyl (C=O) groups is 1. The number of fused-ring (bicyclic) bond motifs is 1. The van der Waals surface area contributed by atoms with Gasteiger partial charge >= 0.3 is 5.97 Å². The topological polar surface area (TPSA) is 40.5 Å². The van der Waals surface area contributed by atoms with Gasteiger partial charge in [0.2, 0.25) is 0 Å². The number of carboxylic acid groups (broad SMARTS) is 1. The van der Waals surface area contributed by atoms with Crippen molar-refractivity contribution in [1.82, 2.24) is 0 Å². The highest BCUT2D eigenvalue weighted by atomic mass is 19.1. The van der Waals surface area contributed by atoms with Gasteiger partial charge in [0.1, 0.15) is 6.17 Å². The Balaban J connectivity index is 2.05. The van der Waals surface area contributed by atoms with E-state index in [1.165, 1.54) is 5.56 Å². The van der Waals surface area contributed by atoms with Crippen molar-refractivity contribution in [3.63, 3.8) is 0 Å². The number of aryl methyl sites for hydroxylation is 1. The molecule has 1 unspecified atom stereocenters. The fourth-order valence-electron chi connectivity index (χ4n) is 2.29. The molecule has 4 heteroatoms. The molecule has 0 saturated carbocycles. The zero-order valence-corrected chi connectivity index (χ0v) is 9.60. The van der Waals surface area contributed by atoms with Crippen molar-refractivity contribution in [1.29, 1.82) is 0 Å². The molecule has 0 aliphatic carbocycles. The summed E-state index contributed by atoms with van der Waals surface area (Å²) in [6, 6.07) is 7.93. The van der Waals surface area contributed by atoms with Gasteiger partial charge in [-0.25, -0.2) is 4.39 Å². The van der Waals surface area contributed by atoms with E-state index in [2.05, 4.69) is 0 Å². The molecule has 3 nitrogen and oxygen atoms in total. The number of hydrogen-bond acceptors (Lipinski definition) is 2. The van der Waals surface area contributed by atoms with Gasteiger partial charge in [0.25, 0.3) is 0 Å². The van der Waals surface area contributed by atoms with Crippen LogP contribution in [-0.2, 0) is 11.2 Å². The Kier molecular flexibility index (Phi) is 3.61. The van der Waals surface area contributed by atoms with Gasteiger partial charge in [-0.15, -0.1) is 0 Å². The number of nitrogens with zero attached hydrogens (tertiary/aromatic N) is 1. The van der Waals surface area contributed by atoms with Crippen molar-refractivity contribution in [3.05, 3.63) is 29.8 Å². The summed E-state index contributed by atoms with van der Waals surface area (Å²) in [4.78, 5) is 12.4. The van der Waals surface area contributed by atoms with Crippen LogP contribution in [0.1, 0.15) is 18.4 Å². The van der Waals surface area contributed by atoms with Crippen LogP contribution in [0.4, 0.5) is 10.1 Å². The van der Waals surface area contributed by atoms with Crippen molar-refractivity contribution in [3.8, 4) is 0 Å². The lowest BCUT2D eigenvalue weighted by molar-refractivity contribution is -0.138. The van der Waals surface area contributed by atoms with Gasteiger partial charge in [-0.1, -0.05) is 18.2 Å². The summed E-state index contributed by atoms with van der Waals surface area (Å²) >= 11 is 0. The lowest BCUT2D eigenvalue weighted by atomic mass is 10.0. The van der Waals surface area contributed by atoms with E-state index in [9.17, 15) is 9.18 Å². The van der Waals surface area contributed by atoms with Crippen LogP contribution in [0.3, 0.4) is 0 Å². The van der Waals surface area contributed by atoms with Gasteiger partial charge in [0.05, 0.1) is 6.42 Å². The van der Waals surface area contributed by atoms with Gasteiger partial charge in [0.15, 0.2) is 0 Å². The lowest BCUT2D eigenvalue weighted by Crippen LogP contribution is -2.35. The number of anilines is 1. The zero-order valence-electron chi connectivity index (χ0n) is 9.60. The minimum Gasteiger partial charge on any atom is -0.481 e. The molecule has 0 radical (unpaired) electrons. The van der Waals surface area contributed by atoms with E-state index in [0.717, 1.165) is 25.1 Å². The smallest absolute Gasteiger partial charge is 0.306 e. The first kappa shape index (κ1) is 11.9. The predicted octanol–water partition coefficient (Wildman–Crippen LogP) is 2.25. The fraction of sp³-hybridized carbons (Fsp3) is 0.462. The second kappa shape index (κ2) is 5.17. The molecule has 17 heavy (non-hydrogen) atoms. The van der Waals surface area contributed by atoms with Gasteiger partial charge in [-0.05, 0) is 24.5 Å². The van der Waals surface area contributed by atoms with Crippen molar-refractivity contribution in [2.45, 2.75) is 25.4 Å². The van der Waals surface area contributed by atoms with E-state index >= 15 is 0 Å². The van der Waals surface area contributed by atoms with Crippen LogP contribution in [0.5, 0.6) is 0 Å². The third-order valence-corrected chi connectivity index (χ3v) is 3.02. The van der Waals surface area contributed by atoms with Crippen LogP contribution in [0, 0.1) is 0 Å². The van der Waals surface area contributed by atoms with Gasteiger partial charge in [-0.2, -0.15) is 0 Å². The van der Waals surface area contributed by atoms with Crippen molar-refractivity contribution >= 4 is 11.7 Å². The fourth-order valence-corrected chi connectivity index (χ4v) is 2.29. The molecule has 92 valence electrons. The van der Waals surface area contributed by atoms with E-state index in [0.29, 0.717) is 0 Å². The number of aliphatic carboxylic acids is 1. The van der Waals surface area contributed by atoms with Crippen molar-refractivity contribution < 1.29 is 14.3 Å². The number of carboxylic acids is 1. The number of halogens is 1. The molecule has 1 N–H and O–H groups in total. The number of hydrogen-bond donors (Lipinski definition) is 1. The highest BCUT2D eigenvalue weighted by molar-refractivity contribution is 5.67. The first-order valence-corrected chi connectivity index (χ1v) is 5.85. The van der Waals surface area contributed by atoms with Gasteiger partial charge in [-0.3, -0.25) is 4.79 Å². The summed E-state index contributed by atoms with van der Waals surface area (Å²) in [5, 5.41) is 8.55. The maximum atomic E-state index is 13.5. The van der Waals surface area contributed by atoms with E-state index < -0.39 is 18.6 Å². The molecular weight excluding hydrogens is 221 g/mol. The molecule has 0 saturated heterocycles. The molecule has 0 aromatic heterocycles. The van der Waals surface area contributed by atoms with E-state index in [1.807, 2.05) is 29.2 Å². The van der Waals surface area contributed by atoms with Gasteiger partial charge in [0, 0.05) is 18.8 Å². The van der Waals surface area contributed by atoms with Crippen LogP contribution in [0.25, 0.3) is 0 Å². The molecule has 1 atom stereocenters. The van der Waals surface area contributed by atoms with Crippen LogP contribution in [0.15, 0.2) is 24.3 Å². The first-order chi connectivity index (χ1) is 8.16. The maximum absolute atomic E-state index is 13.5. The van der Waals surface area contributed by atoms with Crippen molar-refractivity contribution in [2.75, 3.05) is 18.0 Å². The second-order valence-electron chi connectivity index (χ2n) is 4.37. The third kappa shape index (κ3) is 2.96. The Morgan fingerprint density at radius 1 is 1.47 bits per heavy atom. The standard InChI is InChI=1S/C13H16FNO2/c14-11(8-13(16)17)9-15-7-3-5-10-4-1-2-6-12(10)15/h1-2,4,6,11H,3,5,7-9H2,(H,16,17). The van der Waals surface area contributed by atoms with Crippen LogP contribution in [0.2, 0.25) is 0 Å². The molecular formula is C13H16FNO2. The number of para-hydroxylation sites is 1. The summed E-state index contributed by atoms with van der Waals surface area (Å²) in [7, 11) is 0. The molecule has 1 aromatic carbocycles. The molecule has 0 spiro atoms. The highest BCUT2D eigenvalue weighted by Gasteiger charge is 2.21. The lowest BCUT2D eigenvalue weighted by Gasteiger charge is -2.32. The maximum Gasteiger partial charge on any atom is 0.306 e. The Bertz CT molecular complexity index is 408. The number of rotatable bonds is 4. The Morgan fingerprint density at radius 2 is 2.24 bits per heavy atom. The molecule has 0 bridgehead atoms. The van der Waals surface area contributed by atoms with Gasteiger partial charge < -0.3 is 10.0 Å². The quantitative estimate of drug-likeness (QED) is 0.873. The van der Waals surface area contributed by atoms with Crippen LogP contribution in [-0.4, -0.2) is 30.3 Å². The Labute approximate surface area is 99.9 Å². The average molecular weight is 237 g/mol. The summed E-state index contributed by atoms with van der Waals surface area (Å²) in [6.07, 6.45) is 0.288. The minimum absolute atomic E-state index is 0.170. The van der Waals surface area contributed by atoms with Crippen LogP contribution >= 0.6 is 0 Å².